The molecule has 5 heteroatoms. The van der Waals surface area contributed by atoms with Crippen molar-refractivity contribution in [2.75, 3.05) is 19.6 Å². The van der Waals surface area contributed by atoms with Crippen LogP contribution in [0.5, 0.6) is 0 Å². The number of carbonyl (C=O) groups is 2. The summed E-state index contributed by atoms with van der Waals surface area (Å²) in [6.45, 7) is 1.57. The summed E-state index contributed by atoms with van der Waals surface area (Å²) in [5.41, 5.74) is 0. The number of carboxylic acid groups (broad SMARTS) is 1. The van der Waals surface area contributed by atoms with Gasteiger partial charge in [0.2, 0.25) is 5.91 Å². The van der Waals surface area contributed by atoms with Gasteiger partial charge in [-0.2, -0.15) is 0 Å². The van der Waals surface area contributed by atoms with Gasteiger partial charge in [-0.05, 0) is 25.8 Å². The van der Waals surface area contributed by atoms with Crippen molar-refractivity contribution >= 4 is 11.9 Å². The van der Waals surface area contributed by atoms with E-state index in [1.807, 2.05) is 4.90 Å². The van der Waals surface area contributed by atoms with E-state index in [1.165, 1.54) is 12.8 Å². The second-order valence-electron chi connectivity index (χ2n) is 5.11. The molecule has 0 bridgehead atoms. The molecule has 96 valence electrons. The fraction of sp³-hybridized carbons (Fsp3) is 0.833. The van der Waals surface area contributed by atoms with Gasteiger partial charge < -0.3 is 10.4 Å². The van der Waals surface area contributed by atoms with E-state index >= 15 is 0 Å². The van der Waals surface area contributed by atoms with Crippen LogP contribution >= 0.6 is 0 Å². The summed E-state index contributed by atoms with van der Waals surface area (Å²) in [5.74, 6) is -0.999. The van der Waals surface area contributed by atoms with Crippen molar-refractivity contribution < 1.29 is 14.7 Å². The molecule has 0 aromatic rings. The molecule has 2 rings (SSSR count). The zero-order chi connectivity index (χ0) is 12.3. The van der Waals surface area contributed by atoms with Gasteiger partial charge in [-0.15, -0.1) is 0 Å². The van der Waals surface area contributed by atoms with Crippen LogP contribution in [-0.4, -0.2) is 47.6 Å². The topological polar surface area (TPSA) is 69.6 Å². The molecular formula is C12H20N2O3. The summed E-state index contributed by atoms with van der Waals surface area (Å²) in [4.78, 5) is 24.4. The Balaban J connectivity index is 1.70. The van der Waals surface area contributed by atoms with Crippen LogP contribution < -0.4 is 5.32 Å². The minimum atomic E-state index is -0.747. The number of hydrogen-bond donors (Lipinski definition) is 2. The summed E-state index contributed by atoms with van der Waals surface area (Å²) in [6, 6.07) is 0.348. The lowest BCUT2D eigenvalue weighted by molar-refractivity contribution is -0.141. The Morgan fingerprint density at radius 3 is 2.53 bits per heavy atom. The Morgan fingerprint density at radius 1 is 1.24 bits per heavy atom. The molecule has 1 amide bonds. The monoisotopic (exact) mass is 240 g/mol. The molecule has 0 aromatic heterocycles. The molecule has 1 saturated carbocycles. The highest BCUT2D eigenvalue weighted by atomic mass is 16.4. The highest BCUT2D eigenvalue weighted by Crippen LogP contribution is 2.18. The first-order chi connectivity index (χ1) is 8.15. The van der Waals surface area contributed by atoms with Crippen LogP contribution in [0.25, 0.3) is 0 Å². The molecule has 2 aliphatic rings. The van der Waals surface area contributed by atoms with Gasteiger partial charge in [-0.25, -0.2) is 0 Å². The SMILES string of the molecule is O=C(CN1CC[C@@H](C(=O)O)C1)NC1CCCC1. The first-order valence-corrected chi connectivity index (χ1v) is 6.39. The van der Waals surface area contributed by atoms with Crippen LogP contribution in [0.3, 0.4) is 0 Å². The molecule has 5 nitrogen and oxygen atoms in total. The second-order valence-corrected chi connectivity index (χ2v) is 5.11. The van der Waals surface area contributed by atoms with Crippen molar-refractivity contribution in [1.29, 1.82) is 0 Å². The van der Waals surface area contributed by atoms with Gasteiger partial charge in [0.05, 0.1) is 12.5 Å². The van der Waals surface area contributed by atoms with Gasteiger partial charge in [0.15, 0.2) is 0 Å². The van der Waals surface area contributed by atoms with E-state index in [2.05, 4.69) is 5.32 Å². The number of hydrogen-bond acceptors (Lipinski definition) is 3. The van der Waals surface area contributed by atoms with Gasteiger partial charge in [-0.1, -0.05) is 12.8 Å². The maximum Gasteiger partial charge on any atom is 0.307 e. The van der Waals surface area contributed by atoms with E-state index in [4.69, 9.17) is 5.11 Å². The minimum absolute atomic E-state index is 0.0444. The molecule has 1 aliphatic heterocycles. The first-order valence-electron chi connectivity index (χ1n) is 6.39. The highest BCUT2D eigenvalue weighted by Gasteiger charge is 2.29. The zero-order valence-electron chi connectivity index (χ0n) is 10.0. The molecule has 17 heavy (non-hydrogen) atoms. The Hall–Kier alpha value is -1.10. The van der Waals surface area contributed by atoms with Gasteiger partial charge in [0.1, 0.15) is 0 Å². The molecule has 0 aromatic carbocycles. The lowest BCUT2D eigenvalue weighted by Gasteiger charge is -2.17. The number of likely N-dealkylation sites (tertiary alicyclic amines) is 1. The van der Waals surface area contributed by atoms with Crippen molar-refractivity contribution in [3.05, 3.63) is 0 Å². The standard InChI is InChI=1S/C12H20N2O3/c15-11(13-10-3-1-2-4-10)8-14-6-5-9(7-14)12(16)17/h9-10H,1-8H2,(H,13,15)(H,16,17)/t9-/m1/s1. The maximum absolute atomic E-state index is 11.7. The van der Waals surface area contributed by atoms with E-state index in [0.717, 1.165) is 19.4 Å². The Morgan fingerprint density at radius 2 is 1.94 bits per heavy atom. The third-order valence-corrected chi connectivity index (χ3v) is 3.71. The third kappa shape index (κ3) is 3.43. The van der Waals surface area contributed by atoms with Crippen molar-refractivity contribution in [1.82, 2.24) is 10.2 Å². The molecule has 0 spiro atoms. The Labute approximate surface area is 101 Å². The van der Waals surface area contributed by atoms with Gasteiger partial charge in [-0.3, -0.25) is 14.5 Å². The highest BCUT2D eigenvalue weighted by molar-refractivity contribution is 5.78. The fourth-order valence-corrected chi connectivity index (χ4v) is 2.72. The first kappa shape index (κ1) is 12.4. The van der Waals surface area contributed by atoms with E-state index in [1.54, 1.807) is 0 Å². The Bertz CT molecular complexity index is 300. The zero-order valence-corrected chi connectivity index (χ0v) is 10.0. The summed E-state index contributed by atoms with van der Waals surface area (Å²) in [6.07, 6.45) is 5.24. The summed E-state index contributed by atoms with van der Waals surface area (Å²) in [5, 5.41) is 11.9. The van der Waals surface area contributed by atoms with Crippen molar-refractivity contribution in [3.63, 3.8) is 0 Å². The number of aliphatic carboxylic acids is 1. The van der Waals surface area contributed by atoms with E-state index in [-0.39, 0.29) is 11.8 Å². The van der Waals surface area contributed by atoms with E-state index < -0.39 is 5.97 Å². The van der Waals surface area contributed by atoms with E-state index in [9.17, 15) is 9.59 Å². The number of nitrogens with zero attached hydrogens (tertiary/aromatic N) is 1. The molecule has 1 saturated heterocycles. The summed E-state index contributed by atoms with van der Waals surface area (Å²) in [7, 11) is 0. The quantitative estimate of drug-likeness (QED) is 0.748. The van der Waals surface area contributed by atoms with Crippen LogP contribution in [0.1, 0.15) is 32.1 Å². The third-order valence-electron chi connectivity index (χ3n) is 3.71. The molecule has 0 unspecified atom stereocenters. The van der Waals surface area contributed by atoms with Gasteiger partial charge in [0.25, 0.3) is 0 Å². The van der Waals surface area contributed by atoms with Crippen molar-refractivity contribution in [3.8, 4) is 0 Å². The number of carbonyl (C=O) groups excluding carboxylic acids is 1. The number of carboxylic acids is 1. The molecule has 1 atom stereocenters. The predicted octanol–water partition coefficient (Wildman–Crippen LogP) is 0.452. The van der Waals surface area contributed by atoms with Crippen LogP contribution in [0.4, 0.5) is 0 Å². The molecule has 1 heterocycles. The largest absolute Gasteiger partial charge is 0.481 e. The fourth-order valence-electron chi connectivity index (χ4n) is 2.72. The smallest absolute Gasteiger partial charge is 0.307 e. The lowest BCUT2D eigenvalue weighted by Crippen LogP contribution is -2.40. The maximum atomic E-state index is 11.7. The summed E-state index contributed by atoms with van der Waals surface area (Å²) >= 11 is 0. The molecule has 2 N–H and O–H groups in total. The normalized spacial score (nSPS) is 26.2. The van der Waals surface area contributed by atoms with E-state index in [0.29, 0.717) is 25.6 Å². The molecular weight excluding hydrogens is 220 g/mol. The molecule has 1 aliphatic carbocycles. The Kier molecular flexibility index (Phi) is 3.99. The van der Waals surface area contributed by atoms with Crippen LogP contribution in [0.2, 0.25) is 0 Å². The number of nitrogens with one attached hydrogen (secondary N) is 1. The predicted molar refractivity (Wildman–Crippen MR) is 62.6 cm³/mol. The van der Waals surface area contributed by atoms with Crippen molar-refractivity contribution in [2.24, 2.45) is 5.92 Å². The van der Waals surface area contributed by atoms with Crippen molar-refractivity contribution in [2.45, 2.75) is 38.1 Å². The summed E-state index contributed by atoms with van der Waals surface area (Å²) < 4.78 is 0. The average Bonchev–Trinajstić information content (AvgIpc) is 2.88. The molecule has 2 fully saturated rings. The van der Waals surface area contributed by atoms with Gasteiger partial charge >= 0.3 is 5.97 Å². The minimum Gasteiger partial charge on any atom is -0.481 e. The second kappa shape index (κ2) is 5.49. The average molecular weight is 240 g/mol. The number of amides is 1. The van der Waals surface area contributed by atoms with Crippen LogP contribution in [-0.2, 0) is 9.59 Å². The lowest BCUT2D eigenvalue weighted by atomic mass is 10.1. The van der Waals surface area contributed by atoms with Crippen LogP contribution in [0.15, 0.2) is 0 Å². The van der Waals surface area contributed by atoms with Crippen LogP contribution in [0, 0.1) is 5.92 Å². The molecule has 0 radical (unpaired) electrons. The van der Waals surface area contributed by atoms with Gasteiger partial charge in [0, 0.05) is 12.6 Å². The number of rotatable bonds is 4.